The molecule has 0 radical (unpaired) electrons. The van der Waals surface area contributed by atoms with Gasteiger partial charge in [-0.25, -0.2) is 4.98 Å². The molecular weight excluding hydrogens is 256 g/mol. The van der Waals surface area contributed by atoms with Crippen molar-refractivity contribution in [3.63, 3.8) is 0 Å². The molecule has 1 aliphatic rings. The van der Waals surface area contributed by atoms with Gasteiger partial charge in [0.15, 0.2) is 0 Å². The zero-order valence-electron chi connectivity index (χ0n) is 11.7. The number of rotatable bonds is 2. The van der Waals surface area contributed by atoms with Gasteiger partial charge in [-0.3, -0.25) is 0 Å². The number of aromatic nitrogens is 2. The lowest BCUT2D eigenvalue weighted by Crippen LogP contribution is -2.39. The highest BCUT2D eigenvalue weighted by molar-refractivity contribution is 7.16. The van der Waals surface area contributed by atoms with Gasteiger partial charge < -0.3 is 10.2 Å². The third-order valence-corrected chi connectivity index (χ3v) is 4.97. The Kier molecular flexibility index (Phi) is 3.31. The Morgan fingerprint density at radius 3 is 2.89 bits per heavy atom. The van der Waals surface area contributed by atoms with Gasteiger partial charge in [-0.15, -0.1) is 11.3 Å². The SMILES string of the molecule is CNc1nc(N2CCC(C)C(C)C2)c2ccsc2n1. The van der Waals surface area contributed by atoms with Crippen LogP contribution in [0.1, 0.15) is 20.3 Å². The molecule has 0 spiro atoms. The lowest BCUT2D eigenvalue weighted by molar-refractivity contribution is 0.323. The van der Waals surface area contributed by atoms with Gasteiger partial charge in [0.05, 0.1) is 5.39 Å². The standard InChI is InChI=1S/C14H20N4S/c1-9-4-6-18(8-10(9)2)12-11-5-7-19-13(11)17-14(15-3)16-12/h5,7,9-10H,4,6,8H2,1-3H3,(H,15,16,17). The summed E-state index contributed by atoms with van der Waals surface area (Å²) in [5.41, 5.74) is 0. The summed E-state index contributed by atoms with van der Waals surface area (Å²) in [6.45, 7) is 6.87. The van der Waals surface area contributed by atoms with E-state index in [2.05, 4.69) is 45.5 Å². The molecule has 0 bridgehead atoms. The fourth-order valence-corrected chi connectivity index (χ4v) is 3.41. The van der Waals surface area contributed by atoms with Crippen LogP contribution in [0.2, 0.25) is 0 Å². The Balaban J connectivity index is 2.01. The van der Waals surface area contributed by atoms with E-state index in [-0.39, 0.29) is 0 Å². The molecule has 5 heteroatoms. The zero-order valence-corrected chi connectivity index (χ0v) is 12.5. The highest BCUT2D eigenvalue weighted by Gasteiger charge is 2.25. The van der Waals surface area contributed by atoms with Crippen molar-refractivity contribution in [2.24, 2.45) is 11.8 Å². The van der Waals surface area contributed by atoms with Gasteiger partial charge in [-0.1, -0.05) is 13.8 Å². The minimum Gasteiger partial charge on any atom is -0.357 e. The molecule has 3 heterocycles. The van der Waals surface area contributed by atoms with Crippen LogP contribution >= 0.6 is 11.3 Å². The maximum absolute atomic E-state index is 4.69. The number of fused-ring (bicyclic) bond motifs is 1. The molecule has 0 saturated carbocycles. The van der Waals surface area contributed by atoms with Crippen LogP contribution in [0.3, 0.4) is 0 Å². The van der Waals surface area contributed by atoms with Crippen LogP contribution in [0.5, 0.6) is 0 Å². The van der Waals surface area contributed by atoms with Crippen LogP contribution in [0.25, 0.3) is 10.2 Å². The van der Waals surface area contributed by atoms with Crippen molar-refractivity contribution < 1.29 is 0 Å². The monoisotopic (exact) mass is 276 g/mol. The van der Waals surface area contributed by atoms with Gasteiger partial charge in [0.2, 0.25) is 5.95 Å². The summed E-state index contributed by atoms with van der Waals surface area (Å²) in [5.74, 6) is 3.33. The van der Waals surface area contributed by atoms with E-state index in [0.717, 1.165) is 41.5 Å². The maximum atomic E-state index is 4.69. The second-order valence-corrected chi connectivity index (χ2v) is 6.34. The van der Waals surface area contributed by atoms with E-state index in [0.29, 0.717) is 0 Å². The quantitative estimate of drug-likeness (QED) is 0.914. The van der Waals surface area contributed by atoms with Crippen molar-refractivity contribution in [3.05, 3.63) is 11.4 Å². The molecule has 102 valence electrons. The first-order valence-electron chi connectivity index (χ1n) is 6.87. The molecule has 4 nitrogen and oxygen atoms in total. The average Bonchev–Trinajstić information content (AvgIpc) is 2.89. The van der Waals surface area contributed by atoms with Crippen molar-refractivity contribution in [1.29, 1.82) is 0 Å². The number of nitrogens with one attached hydrogen (secondary N) is 1. The predicted molar refractivity (Wildman–Crippen MR) is 82.1 cm³/mol. The number of hydrogen-bond acceptors (Lipinski definition) is 5. The molecule has 1 saturated heterocycles. The topological polar surface area (TPSA) is 41.1 Å². The van der Waals surface area contributed by atoms with E-state index in [4.69, 9.17) is 0 Å². The number of nitrogens with zero attached hydrogens (tertiary/aromatic N) is 3. The normalized spacial score (nSPS) is 23.8. The smallest absolute Gasteiger partial charge is 0.225 e. The van der Waals surface area contributed by atoms with Gasteiger partial charge >= 0.3 is 0 Å². The van der Waals surface area contributed by atoms with Gasteiger partial charge in [0, 0.05) is 20.1 Å². The Morgan fingerprint density at radius 2 is 2.16 bits per heavy atom. The largest absolute Gasteiger partial charge is 0.357 e. The molecule has 2 atom stereocenters. The number of piperidine rings is 1. The molecule has 0 aliphatic carbocycles. The summed E-state index contributed by atoms with van der Waals surface area (Å²) in [7, 11) is 1.87. The van der Waals surface area contributed by atoms with Crippen LogP contribution in [-0.2, 0) is 0 Å². The molecule has 1 aliphatic heterocycles. The van der Waals surface area contributed by atoms with Gasteiger partial charge in [0.1, 0.15) is 10.6 Å². The summed E-state index contributed by atoms with van der Waals surface area (Å²) in [6, 6.07) is 2.14. The van der Waals surface area contributed by atoms with E-state index in [1.165, 1.54) is 11.8 Å². The molecule has 2 unspecified atom stereocenters. The second-order valence-electron chi connectivity index (χ2n) is 5.45. The summed E-state index contributed by atoms with van der Waals surface area (Å²) in [4.78, 5) is 12.7. The second kappa shape index (κ2) is 4.96. The lowest BCUT2D eigenvalue weighted by Gasteiger charge is -2.36. The summed E-state index contributed by atoms with van der Waals surface area (Å²) in [6.07, 6.45) is 1.24. The zero-order chi connectivity index (χ0) is 13.4. The highest BCUT2D eigenvalue weighted by Crippen LogP contribution is 2.32. The van der Waals surface area contributed by atoms with E-state index in [9.17, 15) is 0 Å². The first kappa shape index (κ1) is 12.7. The third kappa shape index (κ3) is 2.27. The fourth-order valence-electron chi connectivity index (χ4n) is 2.65. The molecule has 3 rings (SSSR count). The minimum atomic E-state index is 0.718. The van der Waals surface area contributed by atoms with Crippen LogP contribution in [0, 0.1) is 11.8 Å². The van der Waals surface area contributed by atoms with E-state index >= 15 is 0 Å². The van der Waals surface area contributed by atoms with Crippen LogP contribution in [-0.4, -0.2) is 30.1 Å². The minimum absolute atomic E-state index is 0.718. The Labute approximate surface area is 117 Å². The maximum Gasteiger partial charge on any atom is 0.225 e. The number of anilines is 2. The molecular formula is C14H20N4S. The third-order valence-electron chi connectivity index (χ3n) is 4.16. The van der Waals surface area contributed by atoms with Gasteiger partial charge in [0.25, 0.3) is 0 Å². The van der Waals surface area contributed by atoms with E-state index in [1.54, 1.807) is 11.3 Å². The summed E-state index contributed by atoms with van der Waals surface area (Å²) in [5, 5.41) is 6.35. The molecule has 2 aromatic rings. The van der Waals surface area contributed by atoms with Crippen molar-refractivity contribution in [1.82, 2.24) is 9.97 Å². The average molecular weight is 276 g/mol. The Hall–Kier alpha value is -1.36. The Bertz CT molecular complexity index is 580. The van der Waals surface area contributed by atoms with Crippen molar-refractivity contribution >= 4 is 33.3 Å². The highest BCUT2D eigenvalue weighted by atomic mass is 32.1. The van der Waals surface area contributed by atoms with Crippen molar-refractivity contribution in [3.8, 4) is 0 Å². The summed E-state index contributed by atoms with van der Waals surface area (Å²) >= 11 is 1.68. The predicted octanol–water partition coefficient (Wildman–Crippen LogP) is 3.22. The lowest BCUT2D eigenvalue weighted by atomic mass is 9.88. The molecule has 1 N–H and O–H groups in total. The van der Waals surface area contributed by atoms with Crippen LogP contribution < -0.4 is 10.2 Å². The number of thiophene rings is 1. The molecule has 19 heavy (non-hydrogen) atoms. The molecule has 0 amide bonds. The van der Waals surface area contributed by atoms with Crippen LogP contribution in [0.15, 0.2) is 11.4 Å². The first-order chi connectivity index (χ1) is 9.19. The van der Waals surface area contributed by atoms with Crippen LogP contribution in [0.4, 0.5) is 11.8 Å². The van der Waals surface area contributed by atoms with Gasteiger partial charge in [-0.05, 0) is 29.7 Å². The fraction of sp³-hybridized carbons (Fsp3) is 0.571. The molecule has 0 aromatic carbocycles. The molecule has 1 fully saturated rings. The number of hydrogen-bond donors (Lipinski definition) is 1. The van der Waals surface area contributed by atoms with Gasteiger partial charge in [-0.2, -0.15) is 4.98 Å². The first-order valence-corrected chi connectivity index (χ1v) is 7.75. The Morgan fingerprint density at radius 1 is 1.32 bits per heavy atom. The molecule has 2 aromatic heterocycles. The van der Waals surface area contributed by atoms with E-state index in [1.807, 2.05) is 7.05 Å². The van der Waals surface area contributed by atoms with E-state index < -0.39 is 0 Å². The van der Waals surface area contributed by atoms with Crippen molar-refractivity contribution in [2.45, 2.75) is 20.3 Å². The van der Waals surface area contributed by atoms with Crippen molar-refractivity contribution in [2.75, 3.05) is 30.4 Å². The summed E-state index contributed by atoms with van der Waals surface area (Å²) < 4.78 is 0.